The topological polar surface area (TPSA) is 41.3 Å². The Labute approximate surface area is 104 Å². The fourth-order valence-electron chi connectivity index (χ4n) is 2.30. The number of hydrogen-bond donors (Lipinski definition) is 2. The minimum Gasteiger partial charge on any atom is -0.381 e. The van der Waals surface area contributed by atoms with Crippen molar-refractivity contribution in [1.29, 1.82) is 0 Å². The van der Waals surface area contributed by atoms with Gasteiger partial charge in [0, 0.05) is 24.8 Å². The predicted molar refractivity (Wildman–Crippen MR) is 73.1 cm³/mol. The predicted octanol–water partition coefficient (Wildman–Crippen LogP) is 2.04. The molecule has 17 heavy (non-hydrogen) atoms. The summed E-state index contributed by atoms with van der Waals surface area (Å²) in [6.45, 7) is 6.34. The molecule has 1 atom stereocenters. The van der Waals surface area contributed by atoms with Crippen molar-refractivity contribution in [2.24, 2.45) is 5.73 Å². The average Bonchev–Trinajstić information content (AvgIpc) is 2.82. The van der Waals surface area contributed by atoms with Crippen LogP contribution in [0.2, 0.25) is 0 Å². The standard InChI is InChI=1S/C14H23N3/c1-12(10-15)16-14-6-4-5-13(9-14)11-17-7-2-3-8-17/h4-6,9,12,16H,2-3,7-8,10-11,15H2,1H3. The van der Waals surface area contributed by atoms with Crippen LogP contribution in [-0.4, -0.2) is 30.6 Å². The number of anilines is 1. The first-order valence-corrected chi connectivity index (χ1v) is 6.56. The van der Waals surface area contributed by atoms with E-state index in [1.807, 2.05) is 0 Å². The maximum Gasteiger partial charge on any atom is 0.0355 e. The third-order valence-electron chi connectivity index (χ3n) is 3.30. The summed E-state index contributed by atoms with van der Waals surface area (Å²) in [6.07, 6.45) is 2.70. The summed E-state index contributed by atoms with van der Waals surface area (Å²) in [4.78, 5) is 2.52. The first-order chi connectivity index (χ1) is 8.28. The van der Waals surface area contributed by atoms with Gasteiger partial charge in [-0.3, -0.25) is 4.90 Å². The monoisotopic (exact) mass is 233 g/mol. The number of benzene rings is 1. The second kappa shape index (κ2) is 6.03. The highest BCUT2D eigenvalue weighted by molar-refractivity contribution is 5.46. The van der Waals surface area contributed by atoms with Gasteiger partial charge in [0.15, 0.2) is 0 Å². The maximum atomic E-state index is 5.62. The largest absolute Gasteiger partial charge is 0.381 e. The van der Waals surface area contributed by atoms with Crippen LogP contribution >= 0.6 is 0 Å². The van der Waals surface area contributed by atoms with Crippen molar-refractivity contribution < 1.29 is 0 Å². The van der Waals surface area contributed by atoms with Gasteiger partial charge in [-0.25, -0.2) is 0 Å². The number of hydrogen-bond acceptors (Lipinski definition) is 3. The number of nitrogens with one attached hydrogen (secondary N) is 1. The summed E-state index contributed by atoms with van der Waals surface area (Å²) in [5.41, 5.74) is 8.19. The third-order valence-corrected chi connectivity index (χ3v) is 3.30. The Bertz CT molecular complexity index is 345. The van der Waals surface area contributed by atoms with Crippen LogP contribution in [0.5, 0.6) is 0 Å². The quantitative estimate of drug-likeness (QED) is 0.818. The molecule has 0 radical (unpaired) electrons. The fourth-order valence-corrected chi connectivity index (χ4v) is 2.30. The molecular formula is C14H23N3. The zero-order valence-corrected chi connectivity index (χ0v) is 10.7. The lowest BCUT2D eigenvalue weighted by Gasteiger charge is -2.17. The summed E-state index contributed by atoms with van der Waals surface area (Å²) in [5.74, 6) is 0. The van der Waals surface area contributed by atoms with Crippen LogP contribution in [0, 0.1) is 0 Å². The van der Waals surface area contributed by atoms with E-state index < -0.39 is 0 Å². The van der Waals surface area contributed by atoms with Gasteiger partial charge < -0.3 is 11.1 Å². The highest BCUT2D eigenvalue weighted by atomic mass is 15.1. The smallest absolute Gasteiger partial charge is 0.0355 e. The van der Waals surface area contributed by atoms with Crippen molar-refractivity contribution in [3.8, 4) is 0 Å². The summed E-state index contributed by atoms with van der Waals surface area (Å²) >= 11 is 0. The zero-order valence-electron chi connectivity index (χ0n) is 10.7. The van der Waals surface area contributed by atoms with Gasteiger partial charge in [0.05, 0.1) is 0 Å². The molecule has 1 aliphatic heterocycles. The molecule has 1 aliphatic rings. The molecule has 1 aromatic rings. The maximum absolute atomic E-state index is 5.62. The van der Waals surface area contributed by atoms with Gasteiger partial charge in [0.25, 0.3) is 0 Å². The van der Waals surface area contributed by atoms with Crippen molar-refractivity contribution in [3.63, 3.8) is 0 Å². The molecule has 0 aromatic heterocycles. The molecule has 2 rings (SSSR count). The molecule has 94 valence electrons. The Hall–Kier alpha value is -1.06. The Kier molecular flexibility index (Phi) is 4.40. The molecular weight excluding hydrogens is 210 g/mol. The second-order valence-corrected chi connectivity index (χ2v) is 4.96. The van der Waals surface area contributed by atoms with Crippen molar-refractivity contribution in [2.75, 3.05) is 25.0 Å². The fraction of sp³-hybridized carbons (Fsp3) is 0.571. The van der Waals surface area contributed by atoms with Gasteiger partial charge in [-0.15, -0.1) is 0 Å². The lowest BCUT2D eigenvalue weighted by molar-refractivity contribution is 0.331. The van der Waals surface area contributed by atoms with E-state index in [9.17, 15) is 0 Å². The Morgan fingerprint density at radius 3 is 2.82 bits per heavy atom. The molecule has 1 aromatic carbocycles. The average molecular weight is 233 g/mol. The molecule has 3 nitrogen and oxygen atoms in total. The second-order valence-electron chi connectivity index (χ2n) is 4.96. The number of rotatable bonds is 5. The van der Waals surface area contributed by atoms with E-state index in [0.29, 0.717) is 12.6 Å². The number of likely N-dealkylation sites (tertiary alicyclic amines) is 1. The Balaban J connectivity index is 1.95. The molecule has 1 heterocycles. The molecule has 0 spiro atoms. The van der Waals surface area contributed by atoms with E-state index in [4.69, 9.17) is 5.73 Å². The minimum atomic E-state index is 0.331. The zero-order chi connectivity index (χ0) is 12.1. The summed E-state index contributed by atoms with van der Waals surface area (Å²) in [6, 6.07) is 9.01. The van der Waals surface area contributed by atoms with Crippen molar-refractivity contribution in [2.45, 2.75) is 32.4 Å². The van der Waals surface area contributed by atoms with E-state index >= 15 is 0 Å². The highest BCUT2D eigenvalue weighted by Gasteiger charge is 2.11. The molecule has 1 unspecified atom stereocenters. The van der Waals surface area contributed by atoms with Crippen LogP contribution in [0.25, 0.3) is 0 Å². The molecule has 0 aliphatic carbocycles. The first-order valence-electron chi connectivity index (χ1n) is 6.56. The van der Waals surface area contributed by atoms with Gasteiger partial charge in [-0.05, 0) is 50.6 Å². The number of nitrogens with two attached hydrogens (primary N) is 1. The summed E-state index contributed by atoms with van der Waals surface area (Å²) in [7, 11) is 0. The molecule has 1 fully saturated rings. The number of nitrogens with zero attached hydrogens (tertiary/aromatic N) is 1. The molecule has 0 saturated carbocycles. The van der Waals surface area contributed by atoms with E-state index in [0.717, 1.165) is 6.54 Å². The van der Waals surface area contributed by atoms with Gasteiger partial charge in [0.1, 0.15) is 0 Å². The van der Waals surface area contributed by atoms with Gasteiger partial charge in [-0.1, -0.05) is 12.1 Å². The third kappa shape index (κ3) is 3.72. The van der Waals surface area contributed by atoms with E-state index in [2.05, 4.69) is 41.4 Å². The molecule has 1 saturated heterocycles. The van der Waals surface area contributed by atoms with Gasteiger partial charge >= 0.3 is 0 Å². The van der Waals surface area contributed by atoms with Crippen LogP contribution in [0.4, 0.5) is 5.69 Å². The SMILES string of the molecule is CC(CN)Nc1cccc(CN2CCCC2)c1. The lowest BCUT2D eigenvalue weighted by atomic mass is 10.1. The first kappa shape index (κ1) is 12.4. The van der Waals surface area contributed by atoms with Crippen LogP contribution in [0.3, 0.4) is 0 Å². The van der Waals surface area contributed by atoms with Crippen LogP contribution in [-0.2, 0) is 6.54 Å². The highest BCUT2D eigenvalue weighted by Crippen LogP contribution is 2.16. The van der Waals surface area contributed by atoms with Crippen molar-refractivity contribution >= 4 is 5.69 Å². The lowest BCUT2D eigenvalue weighted by Crippen LogP contribution is -2.25. The molecule has 3 heteroatoms. The Morgan fingerprint density at radius 2 is 2.12 bits per heavy atom. The Morgan fingerprint density at radius 1 is 1.35 bits per heavy atom. The van der Waals surface area contributed by atoms with Crippen LogP contribution in [0.1, 0.15) is 25.3 Å². The molecule has 0 bridgehead atoms. The van der Waals surface area contributed by atoms with Crippen molar-refractivity contribution in [1.82, 2.24) is 4.90 Å². The van der Waals surface area contributed by atoms with E-state index in [1.54, 1.807) is 0 Å². The molecule has 0 amide bonds. The van der Waals surface area contributed by atoms with Gasteiger partial charge in [-0.2, -0.15) is 0 Å². The molecule has 3 N–H and O–H groups in total. The van der Waals surface area contributed by atoms with Crippen LogP contribution in [0.15, 0.2) is 24.3 Å². The summed E-state index contributed by atoms with van der Waals surface area (Å²) < 4.78 is 0. The normalized spacial score (nSPS) is 18.2. The van der Waals surface area contributed by atoms with Crippen LogP contribution < -0.4 is 11.1 Å². The van der Waals surface area contributed by atoms with E-state index in [-0.39, 0.29) is 0 Å². The summed E-state index contributed by atoms with van der Waals surface area (Å²) in [5, 5.41) is 3.41. The minimum absolute atomic E-state index is 0.331. The van der Waals surface area contributed by atoms with Gasteiger partial charge in [0.2, 0.25) is 0 Å². The van der Waals surface area contributed by atoms with Crippen molar-refractivity contribution in [3.05, 3.63) is 29.8 Å². The van der Waals surface area contributed by atoms with E-state index in [1.165, 1.54) is 37.2 Å².